The molecule has 1 aromatic heterocycles. The van der Waals surface area contributed by atoms with Crippen LogP contribution in [-0.2, 0) is 13.6 Å². The maximum atomic E-state index is 4.19. The highest BCUT2D eigenvalue weighted by atomic mass is 15.3. The van der Waals surface area contributed by atoms with E-state index in [0.29, 0.717) is 0 Å². The third-order valence-corrected chi connectivity index (χ3v) is 3.66. The number of piperidine rings is 1. The number of aromatic nitrogens is 3. The maximum Gasteiger partial charge on any atom is 0.140 e. The Hall–Kier alpha value is -0.940. The number of likely N-dealkylation sites (tertiary alicyclic amines) is 1. The van der Waals surface area contributed by atoms with E-state index in [1.165, 1.54) is 32.4 Å². The molecule has 5 nitrogen and oxygen atoms in total. The van der Waals surface area contributed by atoms with E-state index < -0.39 is 0 Å². The first-order chi connectivity index (χ1) is 8.25. The van der Waals surface area contributed by atoms with Crippen molar-refractivity contribution in [3.63, 3.8) is 0 Å². The molecule has 1 N–H and O–H groups in total. The van der Waals surface area contributed by atoms with Crippen LogP contribution in [0.2, 0.25) is 0 Å². The molecule has 0 radical (unpaired) electrons. The van der Waals surface area contributed by atoms with Gasteiger partial charge in [-0.3, -0.25) is 4.68 Å². The second kappa shape index (κ2) is 6.12. The summed E-state index contributed by atoms with van der Waals surface area (Å²) in [6.45, 7) is 4.42. The fourth-order valence-electron chi connectivity index (χ4n) is 2.34. The van der Waals surface area contributed by atoms with Crippen molar-refractivity contribution < 1.29 is 0 Å². The van der Waals surface area contributed by atoms with Crippen molar-refractivity contribution in [3.8, 4) is 0 Å². The van der Waals surface area contributed by atoms with Crippen LogP contribution in [0.15, 0.2) is 6.33 Å². The Balaban J connectivity index is 1.59. The van der Waals surface area contributed by atoms with E-state index in [4.69, 9.17) is 0 Å². The third-order valence-electron chi connectivity index (χ3n) is 3.66. The number of hydrogen-bond acceptors (Lipinski definition) is 4. The van der Waals surface area contributed by atoms with Crippen LogP contribution in [0.1, 0.15) is 25.1 Å². The van der Waals surface area contributed by atoms with E-state index >= 15 is 0 Å². The lowest BCUT2D eigenvalue weighted by molar-refractivity contribution is 0.211. The third kappa shape index (κ3) is 3.78. The number of nitrogens with zero attached hydrogens (tertiary/aromatic N) is 4. The van der Waals surface area contributed by atoms with Gasteiger partial charge in [-0.15, -0.1) is 0 Å². The Kier molecular flexibility index (Phi) is 4.50. The van der Waals surface area contributed by atoms with E-state index in [0.717, 1.165) is 24.8 Å². The Morgan fingerprint density at radius 3 is 2.76 bits per heavy atom. The fraction of sp³-hybridized carbons (Fsp3) is 0.833. The highest BCUT2D eigenvalue weighted by molar-refractivity contribution is 4.82. The molecular formula is C12H23N5. The molecule has 0 bridgehead atoms. The highest BCUT2D eigenvalue weighted by Crippen LogP contribution is 2.18. The minimum absolute atomic E-state index is 0.823. The molecule has 1 fully saturated rings. The van der Waals surface area contributed by atoms with E-state index in [2.05, 4.69) is 27.3 Å². The molecule has 0 unspecified atom stereocenters. The Morgan fingerprint density at radius 1 is 1.35 bits per heavy atom. The van der Waals surface area contributed by atoms with Crippen LogP contribution < -0.4 is 5.32 Å². The summed E-state index contributed by atoms with van der Waals surface area (Å²) in [5.74, 6) is 1.91. The van der Waals surface area contributed by atoms with Crippen LogP contribution in [0.25, 0.3) is 0 Å². The van der Waals surface area contributed by atoms with Gasteiger partial charge in [-0.1, -0.05) is 0 Å². The minimum Gasteiger partial charge on any atom is -0.310 e. The summed E-state index contributed by atoms with van der Waals surface area (Å²) >= 11 is 0. The van der Waals surface area contributed by atoms with Crippen LogP contribution in [-0.4, -0.2) is 46.3 Å². The molecule has 0 aromatic carbocycles. The molecule has 2 rings (SSSR count). The summed E-state index contributed by atoms with van der Waals surface area (Å²) in [4.78, 5) is 6.61. The molecule has 96 valence electrons. The molecule has 17 heavy (non-hydrogen) atoms. The van der Waals surface area contributed by atoms with Gasteiger partial charge in [0.05, 0.1) is 6.54 Å². The summed E-state index contributed by atoms with van der Waals surface area (Å²) in [6, 6.07) is 0. The van der Waals surface area contributed by atoms with Gasteiger partial charge in [0.15, 0.2) is 0 Å². The maximum absolute atomic E-state index is 4.19. The molecule has 1 aromatic rings. The first-order valence-corrected chi connectivity index (χ1v) is 6.48. The summed E-state index contributed by atoms with van der Waals surface area (Å²) < 4.78 is 1.82. The average molecular weight is 237 g/mol. The van der Waals surface area contributed by atoms with Crippen LogP contribution in [0.3, 0.4) is 0 Å². The number of hydrogen-bond donors (Lipinski definition) is 1. The molecular weight excluding hydrogens is 214 g/mol. The molecule has 0 spiro atoms. The summed E-state index contributed by atoms with van der Waals surface area (Å²) in [5, 5.41) is 7.50. The van der Waals surface area contributed by atoms with Crippen molar-refractivity contribution in [1.82, 2.24) is 25.0 Å². The smallest absolute Gasteiger partial charge is 0.140 e. The predicted molar refractivity (Wildman–Crippen MR) is 67.5 cm³/mol. The highest BCUT2D eigenvalue weighted by Gasteiger charge is 2.15. The zero-order valence-electron chi connectivity index (χ0n) is 10.9. The molecule has 0 atom stereocenters. The van der Waals surface area contributed by atoms with Gasteiger partial charge in [0, 0.05) is 7.05 Å². The number of rotatable bonds is 5. The molecule has 2 heterocycles. The van der Waals surface area contributed by atoms with Crippen molar-refractivity contribution in [1.29, 1.82) is 0 Å². The first-order valence-electron chi connectivity index (χ1n) is 6.48. The molecule has 0 amide bonds. The molecule has 1 aliphatic heterocycles. The van der Waals surface area contributed by atoms with Crippen molar-refractivity contribution in [2.24, 2.45) is 13.0 Å². The van der Waals surface area contributed by atoms with Gasteiger partial charge >= 0.3 is 0 Å². The molecule has 5 heteroatoms. The van der Waals surface area contributed by atoms with Gasteiger partial charge in [-0.25, -0.2) is 4.98 Å². The van der Waals surface area contributed by atoms with Crippen LogP contribution >= 0.6 is 0 Å². The largest absolute Gasteiger partial charge is 0.310 e. The van der Waals surface area contributed by atoms with Gasteiger partial charge in [0.2, 0.25) is 0 Å². The van der Waals surface area contributed by atoms with Crippen LogP contribution in [0.5, 0.6) is 0 Å². The molecule has 1 saturated heterocycles. The summed E-state index contributed by atoms with van der Waals surface area (Å²) in [7, 11) is 4.14. The summed E-state index contributed by atoms with van der Waals surface area (Å²) in [5.41, 5.74) is 0. The van der Waals surface area contributed by atoms with Gasteiger partial charge in [0.25, 0.3) is 0 Å². The zero-order chi connectivity index (χ0) is 12.1. The van der Waals surface area contributed by atoms with Crippen LogP contribution in [0.4, 0.5) is 0 Å². The lowest BCUT2D eigenvalue weighted by Crippen LogP contribution is -2.31. The average Bonchev–Trinajstić information content (AvgIpc) is 2.73. The van der Waals surface area contributed by atoms with E-state index in [-0.39, 0.29) is 0 Å². The lowest BCUT2D eigenvalue weighted by atomic mass is 9.94. The lowest BCUT2D eigenvalue weighted by Gasteiger charge is -2.28. The zero-order valence-corrected chi connectivity index (χ0v) is 10.9. The van der Waals surface area contributed by atoms with Gasteiger partial charge in [-0.2, -0.15) is 5.10 Å². The van der Waals surface area contributed by atoms with Crippen molar-refractivity contribution in [3.05, 3.63) is 12.2 Å². The van der Waals surface area contributed by atoms with E-state index in [1.807, 2.05) is 11.7 Å². The SMILES string of the molecule is CN1CCC(CCNCc2ncnn2C)CC1. The number of nitrogens with one attached hydrogen (secondary N) is 1. The van der Waals surface area contributed by atoms with Crippen LogP contribution in [0, 0.1) is 5.92 Å². The van der Waals surface area contributed by atoms with E-state index in [1.54, 1.807) is 6.33 Å². The first kappa shape index (κ1) is 12.5. The Bertz CT molecular complexity index is 327. The number of aryl methyl sites for hydroxylation is 1. The Morgan fingerprint density at radius 2 is 2.12 bits per heavy atom. The second-order valence-electron chi connectivity index (χ2n) is 5.01. The van der Waals surface area contributed by atoms with Crippen molar-refractivity contribution in [2.45, 2.75) is 25.8 Å². The van der Waals surface area contributed by atoms with Crippen molar-refractivity contribution in [2.75, 3.05) is 26.7 Å². The predicted octanol–water partition coefficient (Wildman–Crippen LogP) is 0.637. The van der Waals surface area contributed by atoms with Gasteiger partial charge in [-0.05, 0) is 51.9 Å². The Labute approximate surface area is 103 Å². The van der Waals surface area contributed by atoms with Crippen molar-refractivity contribution >= 4 is 0 Å². The monoisotopic (exact) mass is 237 g/mol. The normalized spacial score (nSPS) is 18.7. The standard InChI is InChI=1S/C12H23N5/c1-16-7-4-11(5-8-16)3-6-13-9-12-14-10-15-17(12)2/h10-11,13H,3-9H2,1-2H3. The fourth-order valence-corrected chi connectivity index (χ4v) is 2.34. The van der Waals surface area contributed by atoms with Gasteiger partial charge < -0.3 is 10.2 Å². The summed E-state index contributed by atoms with van der Waals surface area (Å²) in [6.07, 6.45) is 5.59. The topological polar surface area (TPSA) is 46.0 Å². The molecule has 0 aliphatic carbocycles. The molecule has 0 saturated carbocycles. The molecule has 1 aliphatic rings. The van der Waals surface area contributed by atoms with Gasteiger partial charge in [0.1, 0.15) is 12.2 Å². The van der Waals surface area contributed by atoms with E-state index in [9.17, 15) is 0 Å². The second-order valence-corrected chi connectivity index (χ2v) is 5.01. The minimum atomic E-state index is 0.823. The quantitative estimate of drug-likeness (QED) is 0.763.